The minimum absolute atomic E-state index is 0.274. The molecule has 0 fully saturated rings. The fourth-order valence-electron chi connectivity index (χ4n) is 3.03. The molecular formula is C22H24N4O3. The van der Waals surface area contributed by atoms with Crippen LogP contribution in [-0.2, 0) is 11.3 Å². The van der Waals surface area contributed by atoms with Crippen molar-refractivity contribution >= 4 is 11.8 Å². The van der Waals surface area contributed by atoms with E-state index in [4.69, 9.17) is 14.2 Å². The molecule has 1 aromatic heterocycles. The summed E-state index contributed by atoms with van der Waals surface area (Å²) in [5.41, 5.74) is 2.99. The van der Waals surface area contributed by atoms with Gasteiger partial charge in [0.05, 0.1) is 5.69 Å². The normalized spacial score (nSPS) is 12.0. The molecule has 0 spiro atoms. The highest BCUT2D eigenvalue weighted by Crippen LogP contribution is 2.32. The van der Waals surface area contributed by atoms with Gasteiger partial charge in [0.1, 0.15) is 5.82 Å². The lowest BCUT2D eigenvalue weighted by atomic mass is 10.1. The SMILES string of the molecule is COCCCNc1nc(NCc2ccc3c(c2)OCO3)cc(-c2ccccc2)n1. The van der Waals surface area contributed by atoms with Crippen LogP contribution in [0.3, 0.4) is 0 Å². The molecule has 1 aliphatic rings. The lowest BCUT2D eigenvalue weighted by Crippen LogP contribution is -2.10. The second kappa shape index (κ2) is 9.25. The summed E-state index contributed by atoms with van der Waals surface area (Å²) in [6.07, 6.45) is 0.884. The Bertz CT molecular complexity index is 950. The number of rotatable bonds is 9. The van der Waals surface area contributed by atoms with Crippen LogP contribution in [0.1, 0.15) is 12.0 Å². The molecule has 0 bridgehead atoms. The number of fused-ring (bicyclic) bond motifs is 1. The highest BCUT2D eigenvalue weighted by atomic mass is 16.7. The van der Waals surface area contributed by atoms with Crippen LogP contribution in [0.25, 0.3) is 11.3 Å². The van der Waals surface area contributed by atoms with Gasteiger partial charge in [-0.15, -0.1) is 0 Å². The number of nitrogens with one attached hydrogen (secondary N) is 2. The summed E-state index contributed by atoms with van der Waals surface area (Å²) in [5.74, 6) is 2.91. The van der Waals surface area contributed by atoms with Crippen LogP contribution in [-0.4, -0.2) is 37.0 Å². The molecule has 2 N–H and O–H groups in total. The number of anilines is 2. The average molecular weight is 392 g/mol. The van der Waals surface area contributed by atoms with Crippen molar-refractivity contribution in [3.63, 3.8) is 0 Å². The Morgan fingerprint density at radius 3 is 2.69 bits per heavy atom. The van der Waals surface area contributed by atoms with Gasteiger partial charge in [0.25, 0.3) is 0 Å². The van der Waals surface area contributed by atoms with Gasteiger partial charge >= 0.3 is 0 Å². The van der Waals surface area contributed by atoms with Crippen LogP contribution >= 0.6 is 0 Å². The number of methoxy groups -OCH3 is 1. The molecule has 4 rings (SSSR count). The van der Waals surface area contributed by atoms with E-state index in [1.54, 1.807) is 7.11 Å². The standard InChI is InChI=1S/C22H24N4O3/c1-27-11-5-10-23-22-25-18(17-6-3-2-4-7-17)13-21(26-22)24-14-16-8-9-19-20(12-16)29-15-28-19/h2-4,6-9,12-13H,5,10-11,14-15H2,1H3,(H2,23,24,25,26). The fourth-order valence-corrected chi connectivity index (χ4v) is 3.03. The van der Waals surface area contributed by atoms with Crippen molar-refractivity contribution < 1.29 is 14.2 Å². The van der Waals surface area contributed by atoms with Crippen molar-refractivity contribution in [2.45, 2.75) is 13.0 Å². The second-order valence-corrected chi connectivity index (χ2v) is 6.64. The van der Waals surface area contributed by atoms with Crippen molar-refractivity contribution in [3.8, 4) is 22.8 Å². The zero-order chi connectivity index (χ0) is 19.9. The van der Waals surface area contributed by atoms with Crippen molar-refractivity contribution in [1.82, 2.24) is 9.97 Å². The molecule has 0 amide bonds. The summed E-state index contributed by atoms with van der Waals surface area (Å²) in [6, 6.07) is 18.0. The Balaban J connectivity index is 1.51. The quantitative estimate of drug-likeness (QED) is 0.534. The van der Waals surface area contributed by atoms with Gasteiger partial charge < -0.3 is 24.8 Å². The summed E-state index contributed by atoms with van der Waals surface area (Å²) < 4.78 is 15.9. The first-order chi connectivity index (χ1) is 14.3. The summed E-state index contributed by atoms with van der Waals surface area (Å²) in [6.45, 7) is 2.33. The van der Waals surface area contributed by atoms with Gasteiger partial charge in [-0.3, -0.25) is 0 Å². The first-order valence-electron chi connectivity index (χ1n) is 9.61. The molecule has 0 saturated heterocycles. The molecule has 0 unspecified atom stereocenters. The van der Waals surface area contributed by atoms with Crippen molar-refractivity contribution in [2.75, 3.05) is 37.7 Å². The zero-order valence-corrected chi connectivity index (χ0v) is 16.4. The largest absolute Gasteiger partial charge is 0.454 e. The lowest BCUT2D eigenvalue weighted by molar-refractivity contribution is 0.174. The van der Waals surface area contributed by atoms with Gasteiger partial charge in [-0.2, -0.15) is 4.98 Å². The van der Waals surface area contributed by atoms with E-state index < -0.39 is 0 Å². The van der Waals surface area contributed by atoms with Crippen LogP contribution in [0.15, 0.2) is 54.6 Å². The minimum Gasteiger partial charge on any atom is -0.454 e. The van der Waals surface area contributed by atoms with E-state index in [0.717, 1.165) is 47.1 Å². The van der Waals surface area contributed by atoms with Crippen molar-refractivity contribution in [2.24, 2.45) is 0 Å². The highest BCUT2D eigenvalue weighted by molar-refractivity contribution is 5.64. The highest BCUT2D eigenvalue weighted by Gasteiger charge is 2.13. The Labute approximate surface area is 170 Å². The van der Waals surface area contributed by atoms with Gasteiger partial charge in [-0.25, -0.2) is 4.98 Å². The maximum absolute atomic E-state index is 5.46. The Hall–Kier alpha value is -3.32. The fraction of sp³-hybridized carbons (Fsp3) is 0.273. The summed E-state index contributed by atoms with van der Waals surface area (Å²) in [5, 5.41) is 6.68. The maximum atomic E-state index is 5.46. The van der Waals surface area contributed by atoms with Gasteiger partial charge in [-0.05, 0) is 24.1 Å². The molecule has 7 nitrogen and oxygen atoms in total. The summed E-state index contributed by atoms with van der Waals surface area (Å²) in [4.78, 5) is 9.28. The number of benzene rings is 2. The Morgan fingerprint density at radius 2 is 1.83 bits per heavy atom. The maximum Gasteiger partial charge on any atom is 0.231 e. The van der Waals surface area contributed by atoms with Crippen LogP contribution in [0.5, 0.6) is 11.5 Å². The molecule has 7 heteroatoms. The second-order valence-electron chi connectivity index (χ2n) is 6.64. The van der Waals surface area contributed by atoms with Crippen molar-refractivity contribution in [1.29, 1.82) is 0 Å². The lowest BCUT2D eigenvalue weighted by Gasteiger charge is -2.12. The molecule has 29 heavy (non-hydrogen) atoms. The van der Waals surface area contributed by atoms with E-state index in [9.17, 15) is 0 Å². The molecule has 150 valence electrons. The number of aromatic nitrogens is 2. The van der Waals surface area contributed by atoms with Gasteiger partial charge in [0.2, 0.25) is 12.7 Å². The molecule has 2 heterocycles. The first-order valence-corrected chi connectivity index (χ1v) is 9.61. The van der Waals surface area contributed by atoms with Crippen LogP contribution in [0.2, 0.25) is 0 Å². The van der Waals surface area contributed by atoms with Crippen LogP contribution in [0, 0.1) is 0 Å². The van der Waals surface area contributed by atoms with Gasteiger partial charge in [0.15, 0.2) is 11.5 Å². The monoisotopic (exact) mass is 392 g/mol. The predicted octanol–water partition coefficient (Wildman–Crippen LogP) is 3.93. The van der Waals surface area contributed by atoms with E-state index in [2.05, 4.69) is 20.6 Å². The average Bonchev–Trinajstić information content (AvgIpc) is 3.24. The summed E-state index contributed by atoms with van der Waals surface area (Å²) >= 11 is 0. The Morgan fingerprint density at radius 1 is 0.966 bits per heavy atom. The first kappa shape index (κ1) is 19.0. The minimum atomic E-state index is 0.274. The van der Waals surface area contributed by atoms with E-state index >= 15 is 0 Å². The predicted molar refractivity (Wildman–Crippen MR) is 112 cm³/mol. The number of ether oxygens (including phenoxy) is 3. The molecule has 1 aliphatic heterocycles. The molecule has 0 radical (unpaired) electrons. The van der Waals surface area contributed by atoms with E-state index in [1.807, 2.05) is 54.6 Å². The van der Waals surface area contributed by atoms with Crippen molar-refractivity contribution in [3.05, 3.63) is 60.2 Å². The van der Waals surface area contributed by atoms with Gasteiger partial charge in [0, 0.05) is 38.4 Å². The molecule has 0 atom stereocenters. The molecule has 0 aliphatic carbocycles. The third-order valence-corrected chi connectivity index (χ3v) is 4.51. The smallest absolute Gasteiger partial charge is 0.231 e. The molecule has 3 aromatic rings. The number of hydrogen-bond donors (Lipinski definition) is 2. The van der Waals surface area contributed by atoms with Crippen LogP contribution < -0.4 is 20.1 Å². The zero-order valence-electron chi connectivity index (χ0n) is 16.4. The van der Waals surface area contributed by atoms with E-state index in [1.165, 1.54) is 0 Å². The molecule has 2 aromatic carbocycles. The summed E-state index contributed by atoms with van der Waals surface area (Å²) in [7, 11) is 1.70. The molecular weight excluding hydrogens is 368 g/mol. The topological polar surface area (TPSA) is 77.5 Å². The van der Waals surface area contributed by atoms with Crippen LogP contribution in [0.4, 0.5) is 11.8 Å². The third-order valence-electron chi connectivity index (χ3n) is 4.51. The van der Waals surface area contributed by atoms with Gasteiger partial charge in [-0.1, -0.05) is 36.4 Å². The number of hydrogen-bond acceptors (Lipinski definition) is 7. The molecule has 0 saturated carbocycles. The van der Waals surface area contributed by atoms with E-state index in [0.29, 0.717) is 19.1 Å². The van der Waals surface area contributed by atoms with E-state index in [-0.39, 0.29) is 6.79 Å². The number of nitrogens with zero attached hydrogens (tertiary/aromatic N) is 2. The Kier molecular flexibility index (Phi) is 6.07. The third kappa shape index (κ3) is 4.94.